The number of hydrogen-bond donors (Lipinski definition) is 1. The molecule has 0 atom stereocenters. The third-order valence-corrected chi connectivity index (χ3v) is 3.18. The van der Waals surface area contributed by atoms with Gasteiger partial charge in [0, 0.05) is 19.6 Å². The van der Waals surface area contributed by atoms with Crippen LogP contribution >= 0.6 is 11.6 Å². The van der Waals surface area contributed by atoms with Crippen LogP contribution in [0.5, 0.6) is 0 Å². The molecule has 0 fully saturated rings. The fourth-order valence-electron chi connectivity index (χ4n) is 1.80. The fourth-order valence-corrected chi connectivity index (χ4v) is 1.99. The van der Waals surface area contributed by atoms with Gasteiger partial charge in [-0.1, -0.05) is 11.6 Å². The molecule has 0 amide bonds. The number of anilines is 1. The summed E-state index contributed by atoms with van der Waals surface area (Å²) in [5, 5.41) is 0.644. The highest BCUT2D eigenvalue weighted by molar-refractivity contribution is 6.31. The molecule has 0 aliphatic heterocycles. The minimum absolute atomic E-state index is 0.377. The van der Waals surface area contributed by atoms with Gasteiger partial charge in [0.25, 0.3) is 0 Å². The van der Waals surface area contributed by atoms with Gasteiger partial charge in [-0.05, 0) is 46.1 Å². The number of halogens is 1. The molecule has 5 heteroatoms. The molecule has 4 nitrogen and oxygen atoms in total. The lowest BCUT2D eigenvalue weighted by atomic mass is 10.3. The SMILES string of the molecule is CCN(CCCN(C)C)c1ccc(Cl)c(CN)n1. The first kappa shape index (κ1) is 15.2. The Bertz CT molecular complexity index is 368. The summed E-state index contributed by atoms with van der Waals surface area (Å²) < 4.78 is 0. The predicted octanol–water partition coefficient (Wildman–Crippen LogP) is 1.97. The van der Waals surface area contributed by atoms with Gasteiger partial charge in [-0.15, -0.1) is 0 Å². The maximum absolute atomic E-state index is 6.02. The van der Waals surface area contributed by atoms with E-state index in [-0.39, 0.29) is 0 Å². The zero-order chi connectivity index (χ0) is 13.5. The Morgan fingerprint density at radius 3 is 2.56 bits per heavy atom. The zero-order valence-electron chi connectivity index (χ0n) is 11.5. The lowest BCUT2D eigenvalue weighted by molar-refractivity contribution is 0.400. The molecule has 18 heavy (non-hydrogen) atoms. The second-order valence-electron chi connectivity index (χ2n) is 4.54. The Hall–Kier alpha value is -0.840. The molecule has 2 N–H and O–H groups in total. The zero-order valence-corrected chi connectivity index (χ0v) is 12.2. The molecule has 0 aliphatic rings. The van der Waals surface area contributed by atoms with E-state index in [1.165, 1.54) is 0 Å². The Morgan fingerprint density at radius 1 is 1.28 bits per heavy atom. The van der Waals surface area contributed by atoms with E-state index in [2.05, 4.69) is 35.8 Å². The minimum Gasteiger partial charge on any atom is -0.357 e. The van der Waals surface area contributed by atoms with Crippen LogP contribution in [0.25, 0.3) is 0 Å². The van der Waals surface area contributed by atoms with E-state index in [0.29, 0.717) is 11.6 Å². The fraction of sp³-hybridized carbons (Fsp3) is 0.615. The first-order valence-electron chi connectivity index (χ1n) is 6.33. The van der Waals surface area contributed by atoms with Crippen LogP contribution in [0.15, 0.2) is 12.1 Å². The van der Waals surface area contributed by atoms with E-state index in [4.69, 9.17) is 17.3 Å². The average Bonchev–Trinajstić information content (AvgIpc) is 2.35. The first-order chi connectivity index (χ1) is 8.58. The van der Waals surface area contributed by atoms with Gasteiger partial charge in [0.2, 0.25) is 0 Å². The summed E-state index contributed by atoms with van der Waals surface area (Å²) in [4.78, 5) is 8.95. The van der Waals surface area contributed by atoms with Crippen LogP contribution in [-0.2, 0) is 6.54 Å². The molecule has 1 aromatic heterocycles. The highest BCUT2D eigenvalue weighted by Crippen LogP contribution is 2.19. The summed E-state index contributed by atoms with van der Waals surface area (Å²) in [6.07, 6.45) is 1.11. The molecule has 0 saturated heterocycles. The molecule has 1 rings (SSSR count). The molecule has 0 bridgehead atoms. The Morgan fingerprint density at radius 2 is 2.00 bits per heavy atom. The smallest absolute Gasteiger partial charge is 0.128 e. The lowest BCUT2D eigenvalue weighted by Gasteiger charge is -2.23. The molecule has 0 aromatic carbocycles. The van der Waals surface area contributed by atoms with E-state index in [0.717, 1.165) is 37.6 Å². The number of nitrogens with zero attached hydrogens (tertiary/aromatic N) is 3. The molecule has 0 unspecified atom stereocenters. The predicted molar refractivity (Wildman–Crippen MR) is 78.2 cm³/mol. The third-order valence-electron chi connectivity index (χ3n) is 2.84. The normalized spacial score (nSPS) is 11.0. The summed E-state index contributed by atoms with van der Waals surface area (Å²) >= 11 is 6.02. The van der Waals surface area contributed by atoms with Crippen molar-refractivity contribution in [3.63, 3.8) is 0 Å². The maximum atomic E-state index is 6.02. The topological polar surface area (TPSA) is 45.4 Å². The largest absolute Gasteiger partial charge is 0.357 e. The summed E-state index contributed by atoms with van der Waals surface area (Å²) in [5.41, 5.74) is 6.39. The standard InChI is InChI=1S/C13H23ClN4/c1-4-18(9-5-8-17(2)3)13-7-6-11(14)12(10-15)16-13/h6-7H,4-5,8-10,15H2,1-3H3. The van der Waals surface area contributed by atoms with Gasteiger partial charge in [0.15, 0.2) is 0 Å². The van der Waals surface area contributed by atoms with E-state index < -0.39 is 0 Å². The molecule has 0 spiro atoms. The molecule has 1 aromatic rings. The Kier molecular flexibility index (Phi) is 6.39. The second-order valence-corrected chi connectivity index (χ2v) is 4.95. The van der Waals surface area contributed by atoms with Crippen LogP contribution in [0.3, 0.4) is 0 Å². The molecular weight excluding hydrogens is 248 g/mol. The average molecular weight is 271 g/mol. The number of nitrogens with two attached hydrogens (primary N) is 1. The Labute approximate surface area is 115 Å². The van der Waals surface area contributed by atoms with Gasteiger partial charge in [-0.2, -0.15) is 0 Å². The van der Waals surface area contributed by atoms with Crippen molar-refractivity contribution in [2.24, 2.45) is 5.73 Å². The van der Waals surface area contributed by atoms with Crippen LogP contribution in [0.4, 0.5) is 5.82 Å². The highest BCUT2D eigenvalue weighted by atomic mass is 35.5. The van der Waals surface area contributed by atoms with Gasteiger partial charge >= 0.3 is 0 Å². The number of hydrogen-bond acceptors (Lipinski definition) is 4. The van der Waals surface area contributed by atoms with Crippen molar-refractivity contribution in [1.29, 1.82) is 0 Å². The van der Waals surface area contributed by atoms with Crippen molar-refractivity contribution in [2.75, 3.05) is 38.6 Å². The van der Waals surface area contributed by atoms with Crippen molar-refractivity contribution in [3.05, 3.63) is 22.8 Å². The summed E-state index contributed by atoms with van der Waals surface area (Å²) in [6.45, 7) is 5.52. The summed E-state index contributed by atoms with van der Waals surface area (Å²) in [7, 11) is 4.17. The maximum Gasteiger partial charge on any atom is 0.128 e. The number of rotatable bonds is 7. The minimum atomic E-state index is 0.377. The van der Waals surface area contributed by atoms with Gasteiger partial charge in [0.1, 0.15) is 5.82 Å². The Balaban J connectivity index is 2.69. The van der Waals surface area contributed by atoms with Gasteiger partial charge in [-0.25, -0.2) is 4.98 Å². The van der Waals surface area contributed by atoms with Crippen LogP contribution in [-0.4, -0.2) is 43.6 Å². The highest BCUT2D eigenvalue weighted by Gasteiger charge is 2.08. The monoisotopic (exact) mass is 270 g/mol. The van der Waals surface area contributed by atoms with Gasteiger partial charge in [0.05, 0.1) is 10.7 Å². The van der Waals surface area contributed by atoms with E-state index >= 15 is 0 Å². The van der Waals surface area contributed by atoms with Gasteiger partial charge in [-0.3, -0.25) is 0 Å². The van der Waals surface area contributed by atoms with E-state index in [1.807, 2.05) is 12.1 Å². The molecule has 0 aliphatic carbocycles. The molecular formula is C13H23ClN4. The number of pyridine rings is 1. The molecule has 1 heterocycles. The van der Waals surface area contributed by atoms with Crippen molar-refractivity contribution in [1.82, 2.24) is 9.88 Å². The molecule has 102 valence electrons. The van der Waals surface area contributed by atoms with Crippen molar-refractivity contribution < 1.29 is 0 Å². The first-order valence-corrected chi connectivity index (χ1v) is 6.71. The lowest BCUT2D eigenvalue weighted by Crippen LogP contribution is -2.28. The van der Waals surface area contributed by atoms with Crippen LogP contribution < -0.4 is 10.6 Å². The molecule has 0 saturated carbocycles. The van der Waals surface area contributed by atoms with Crippen LogP contribution in [0.1, 0.15) is 19.0 Å². The van der Waals surface area contributed by atoms with E-state index in [9.17, 15) is 0 Å². The van der Waals surface area contributed by atoms with Crippen molar-refractivity contribution in [2.45, 2.75) is 19.9 Å². The van der Waals surface area contributed by atoms with Crippen molar-refractivity contribution >= 4 is 17.4 Å². The summed E-state index contributed by atoms with van der Waals surface area (Å²) in [6, 6.07) is 3.83. The number of aromatic nitrogens is 1. The molecule has 0 radical (unpaired) electrons. The third kappa shape index (κ3) is 4.44. The van der Waals surface area contributed by atoms with Gasteiger partial charge < -0.3 is 15.5 Å². The quantitative estimate of drug-likeness (QED) is 0.823. The van der Waals surface area contributed by atoms with Crippen LogP contribution in [0.2, 0.25) is 5.02 Å². The van der Waals surface area contributed by atoms with E-state index in [1.54, 1.807) is 0 Å². The second kappa shape index (κ2) is 7.56. The van der Waals surface area contributed by atoms with Crippen molar-refractivity contribution in [3.8, 4) is 0 Å². The van der Waals surface area contributed by atoms with Crippen LogP contribution in [0, 0.1) is 0 Å². The summed E-state index contributed by atoms with van der Waals surface area (Å²) in [5.74, 6) is 0.959.